The van der Waals surface area contributed by atoms with Crippen molar-refractivity contribution >= 4 is 5.69 Å². The molecule has 0 saturated heterocycles. The molecule has 3 rings (SSSR count). The van der Waals surface area contributed by atoms with Gasteiger partial charge in [0.05, 0.1) is 6.04 Å². The molecule has 0 bridgehead atoms. The molecule has 1 unspecified atom stereocenters. The maximum Gasteiger partial charge on any atom is 0.0523 e. The Labute approximate surface area is 134 Å². The zero-order chi connectivity index (χ0) is 15.4. The normalized spacial score (nSPS) is 19.1. The van der Waals surface area contributed by atoms with Gasteiger partial charge in [0.25, 0.3) is 0 Å². The Kier molecular flexibility index (Phi) is 4.62. The lowest BCUT2D eigenvalue weighted by Crippen LogP contribution is -2.34. The Morgan fingerprint density at radius 1 is 0.955 bits per heavy atom. The van der Waals surface area contributed by atoms with E-state index in [0.29, 0.717) is 6.04 Å². The van der Waals surface area contributed by atoms with Crippen molar-refractivity contribution in [1.82, 2.24) is 0 Å². The Morgan fingerprint density at radius 2 is 1.77 bits per heavy atom. The second kappa shape index (κ2) is 6.83. The van der Waals surface area contributed by atoms with Crippen molar-refractivity contribution in [3.05, 3.63) is 77.6 Å². The molecule has 0 heterocycles. The van der Waals surface area contributed by atoms with Crippen LogP contribution in [0, 0.1) is 0 Å². The minimum absolute atomic E-state index is 0.407. The van der Waals surface area contributed by atoms with Gasteiger partial charge in [-0.2, -0.15) is 0 Å². The average molecular weight is 291 g/mol. The van der Waals surface area contributed by atoms with Crippen LogP contribution in [0.15, 0.2) is 77.6 Å². The van der Waals surface area contributed by atoms with Crippen LogP contribution in [0.3, 0.4) is 0 Å². The van der Waals surface area contributed by atoms with Crippen molar-refractivity contribution in [2.45, 2.75) is 45.6 Å². The summed E-state index contributed by atoms with van der Waals surface area (Å²) < 4.78 is 0. The van der Waals surface area contributed by atoms with Crippen LogP contribution in [0.25, 0.3) is 0 Å². The molecule has 0 amide bonds. The van der Waals surface area contributed by atoms with Gasteiger partial charge in [0.15, 0.2) is 0 Å². The third-order valence-corrected chi connectivity index (χ3v) is 4.65. The molecule has 0 saturated carbocycles. The molecule has 1 heteroatoms. The van der Waals surface area contributed by atoms with E-state index >= 15 is 0 Å². The summed E-state index contributed by atoms with van der Waals surface area (Å²) in [4.78, 5) is 2.52. The first-order valence-corrected chi connectivity index (χ1v) is 8.32. The van der Waals surface area contributed by atoms with Crippen molar-refractivity contribution in [2.75, 3.05) is 4.90 Å². The number of allylic oxidation sites excluding steroid dienone is 7. The van der Waals surface area contributed by atoms with E-state index in [-0.39, 0.29) is 0 Å². The summed E-state index contributed by atoms with van der Waals surface area (Å²) >= 11 is 0. The summed E-state index contributed by atoms with van der Waals surface area (Å²) in [6.45, 7) is 4.56. The summed E-state index contributed by atoms with van der Waals surface area (Å²) in [6.07, 6.45) is 16.0. The van der Waals surface area contributed by atoms with E-state index < -0.39 is 0 Å². The molecule has 22 heavy (non-hydrogen) atoms. The second-order valence-corrected chi connectivity index (χ2v) is 6.26. The lowest BCUT2D eigenvalue weighted by atomic mass is 9.93. The predicted octanol–water partition coefficient (Wildman–Crippen LogP) is 5.78. The summed E-state index contributed by atoms with van der Waals surface area (Å²) in [7, 11) is 0. The van der Waals surface area contributed by atoms with Gasteiger partial charge in [-0.3, -0.25) is 0 Å². The summed E-state index contributed by atoms with van der Waals surface area (Å²) in [5.74, 6) is 0. The highest BCUT2D eigenvalue weighted by Crippen LogP contribution is 2.32. The zero-order valence-electron chi connectivity index (χ0n) is 13.6. The molecule has 2 aliphatic rings. The largest absolute Gasteiger partial charge is 0.338 e. The van der Waals surface area contributed by atoms with Gasteiger partial charge >= 0.3 is 0 Å². The zero-order valence-corrected chi connectivity index (χ0v) is 13.6. The van der Waals surface area contributed by atoms with Crippen LogP contribution in [-0.2, 0) is 0 Å². The Morgan fingerprint density at radius 3 is 2.41 bits per heavy atom. The van der Waals surface area contributed by atoms with Crippen LogP contribution in [0.2, 0.25) is 0 Å². The van der Waals surface area contributed by atoms with Crippen LogP contribution in [0.5, 0.6) is 0 Å². The van der Waals surface area contributed by atoms with E-state index in [9.17, 15) is 0 Å². The topological polar surface area (TPSA) is 3.24 Å². The molecule has 0 aromatic heterocycles. The number of anilines is 1. The number of hydrogen-bond acceptors (Lipinski definition) is 1. The lowest BCUT2D eigenvalue weighted by molar-refractivity contribution is 0.698. The van der Waals surface area contributed by atoms with Gasteiger partial charge in [0.2, 0.25) is 0 Å². The summed E-state index contributed by atoms with van der Waals surface area (Å²) in [5, 5.41) is 0. The number of nitrogens with zero attached hydrogens (tertiary/aromatic N) is 1. The monoisotopic (exact) mass is 291 g/mol. The van der Waals surface area contributed by atoms with Crippen molar-refractivity contribution in [2.24, 2.45) is 0 Å². The van der Waals surface area contributed by atoms with Crippen molar-refractivity contribution in [3.8, 4) is 0 Å². The fourth-order valence-electron chi connectivity index (χ4n) is 3.29. The standard InChI is InChI=1S/C21H25N/c1-17-13-15-19(16-14-17)18(2)22(20-9-5-3-6-10-20)21-11-7-4-8-12-21/h3-7,9-11,13,15,18H,8,12,14,16H2,1-2H3. The van der Waals surface area contributed by atoms with Gasteiger partial charge in [0.1, 0.15) is 0 Å². The second-order valence-electron chi connectivity index (χ2n) is 6.26. The molecule has 1 aromatic rings. The summed E-state index contributed by atoms with van der Waals surface area (Å²) in [5.41, 5.74) is 5.74. The third kappa shape index (κ3) is 3.24. The SMILES string of the molecule is CC1=CC=C(C(C)N(C2=CC=CCC2)c2ccccc2)CC1. The van der Waals surface area contributed by atoms with Crippen molar-refractivity contribution in [3.63, 3.8) is 0 Å². The molecular weight excluding hydrogens is 266 g/mol. The van der Waals surface area contributed by atoms with E-state index in [1.165, 1.54) is 35.4 Å². The fourth-order valence-corrected chi connectivity index (χ4v) is 3.29. The number of hydrogen-bond donors (Lipinski definition) is 0. The molecule has 1 nitrogen and oxygen atoms in total. The Hall–Kier alpha value is -2.02. The highest BCUT2D eigenvalue weighted by Gasteiger charge is 2.22. The van der Waals surface area contributed by atoms with Crippen molar-refractivity contribution in [1.29, 1.82) is 0 Å². The highest BCUT2D eigenvalue weighted by atomic mass is 15.2. The molecular formula is C21H25N. The van der Waals surface area contributed by atoms with Crippen LogP contribution in [0.1, 0.15) is 39.5 Å². The first-order valence-electron chi connectivity index (χ1n) is 8.32. The average Bonchev–Trinajstić information content (AvgIpc) is 2.57. The minimum atomic E-state index is 0.407. The molecule has 0 N–H and O–H groups in total. The first-order chi connectivity index (χ1) is 10.8. The van der Waals surface area contributed by atoms with Gasteiger partial charge in [-0.1, -0.05) is 48.1 Å². The fraction of sp³-hybridized carbons (Fsp3) is 0.333. The van der Waals surface area contributed by atoms with Crippen LogP contribution in [-0.4, -0.2) is 6.04 Å². The molecule has 0 radical (unpaired) electrons. The Bertz CT molecular complexity index is 631. The number of benzene rings is 1. The highest BCUT2D eigenvalue weighted by molar-refractivity contribution is 5.56. The summed E-state index contributed by atoms with van der Waals surface area (Å²) in [6, 6.07) is 11.2. The molecule has 1 atom stereocenters. The van der Waals surface area contributed by atoms with E-state index in [1.807, 2.05) is 0 Å². The van der Waals surface area contributed by atoms with E-state index in [4.69, 9.17) is 0 Å². The number of rotatable bonds is 4. The molecule has 1 aromatic carbocycles. The molecule has 0 fully saturated rings. The maximum absolute atomic E-state index is 2.52. The lowest BCUT2D eigenvalue weighted by Gasteiger charge is -2.36. The van der Waals surface area contributed by atoms with Gasteiger partial charge in [-0.05, 0) is 63.3 Å². The van der Waals surface area contributed by atoms with Crippen LogP contribution >= 0.6 is 0 Å². The molecule has 114 valence electrons. The quantitative estimate of drug-likeness (QED) is 0.679. The van der Waals surface area contributed by atoms with E-state index in [2.05, 4.69) is 79.5 Å². The maximum atomic E-state index is 2.52. The van der Waals surface area contributed by atoms with Crippen LogP contribution < -0.4 is 4.90 Å². The Balaban J connectivity index is 1.95. The molecule has 2 aliphatic carbocycles. The van der Waals surface area contributed by atoms with Crippen molar-refractivity contribution < 1.29 is 0 Å². The van der Waals surface area contributed by atoms with E-state index in [1.54, 1.807) is 0 Å². The molecule has 0 spiro atoms. The van der Waals surface area contributed by atoms with Gasteiger partial charge in [-0.25, -0.2) is 0 Å². The van der Waals surface area contributed by atoms with E-state index in [0.717, 1.165) is 12.8 Å². The van der Waals surface area contributed by atoms with Crippen LogP contribution in [0.4, 0.5) is 5.69 Å². The predicted molar refractivity (Wildman–Crippen MR) is 95.9 cm³/mol. The minimum Gasteiger partial charge on any atom is -0.338 e. The van der Waals surface area contributed by atoms with Gasteiger partial charge in [0, 0.05) is 11.4 Å². The molecule has 0 aliphatic heterocycles. The van der Waals surface area contributed by atoms with Gasteiger partial charge in [-0.15, -0.1) is 0 Å². The first kappa shape index (κ1) is 14.9. The number of para-hydroxylation sites is 1. The third-order valence-electron chi connectivity index (χ3n) is 4.65. The smallest absolute Gasteiger partial charge is 0.0523 e. The van der Waals surface area contributed by atoms with Gasteiger partial charge < -0.3 is 4.90 Å².